The van der Waals surface area contributed by atoms with Crippen LogP contribution in [0.5, 0.6) is 0 Å². The number of nitrogens with two attached hydrogens (primary N) is 1. The minimum atomic E-state index is -0.658. The maximum atomic E-state index is 13.6. The van der Waals surface area contributed by atoms with Crippen molar-refractivity contribution in [1.29, 1.82) is 0 Å². The van der Waals surface area contributed by atoms with Crippen molar-refractivity contribution in [3.05, 3.63) is 29.1 Å². The minimum Gasteiger partial charge on any atom is -0.461 e. The third-order valence-electron chi connectivity index (χ3n) is 2.16. The topological polar surface area (TPSA) is 52.3 Å². The number of rotatable bonds is 5. The molecule has 3 nitrogen and oxygen atoms in total. The molecule has 17 heavy (non-hydrogen) atoms. The molecule has 0 aliphatic rings. The summed E-state index contributed by atoms with van der Waals surface area (Å²) in [6.45, 7) is 3.87. The minimum absolute atomic E-state index is 0.0935. The van der Waals surface area contributed by atoms with Crippen LogP contribution >= 0.6 is 11.8 Å². The van der Waals surface area contributed by atoms with Gasteiger partial charge in [0, 0.05) is 11.4 Å². The molecular weight excluding hydrogens is 241 g/mol. The van der Waals surface area contributed by atoms with E-state index in [-0.39, 0.29) is 12.2 Å². The molecule has 5 heteroatoms. The molecule has 0 radical (unpaired) electrons. The lowest BCUT2D eigenvalue weighted by molar-refractivity contribution is 0.0525. The van der Waals surface area contributed by atoms with Crippen LogP contribution in [-0.4, -0.2) is 24.1 Å². The van der Waals surface area contributed by atoms with Crippen molar-refractivity contribution < 1.29 is 13.9 Å². The molecule has 0 aromatic heterocycles. The quantitative estimate of drug-likeness (QED) is 0.500. The zero-order valence-electron chi connectivity index (χ0n) is 9.96. The Morgan fingerprint density at radius 1 is 1.53 bits per heavy atom. The summed E-state index contributed by atoms with van der Waals surface area (Å²) < 4.78 is 18.6. The van der Waals surface area contributed by atoms with E-state index in [1.807, 2.05) is 6.92 Å². The summed E-state index contributed by atoms with van der Waals surface area (Å²) in [6, 6.07) is 2.79. The Bertz CT molecular complexity index is 410. The van der Waals surface area contributed by atoms with Crippen molar-refractivity contribution in [1.82, 2.24) is 0 Å². The van der Waals surface area contributed by atoms with Crippen LogP contribution in [0.25, 0.3) is 0 Å². The van der Waals surface area contributed by atoms with E-state index in [0.29, 0.717) is 17.0 Å². The number of hydrogen-bond acceptors (Lipinski definition) is 4. The van der Waals surface area contributed by atoms with Gasteiger partial charge in [-0.25, -0.2) is 9.18 Å². The SMILES string of the molecule is CCSCCOC(=O)c1cc(N)cc(C)c1F. The number of nitrogen functional groups attached to an aromatic ring is 1. The number of hydrogen-bond donors (Lipinski definition) is 1. The van der Waals surface area contributed by atoms with Gasteiger partial charge in [-0.3, -0.25) is 0 Å². The molecule has 0 fully saturated rings. The highest BCUT2D eigenvalue weighted by Crippen LogP contribution is 2.18. The van der Waals surface area contributed by atoms with E-state index < -0.39 is 11.8 Å². The van der Waals surface area contributed by atoms with Crippen molar-refractivity contribution in [2.45, 2.75) is 13.8 Å². The van der Waals surface area contributed by atoms with Crippen LogP contribution in [0.4, 0.5) is 10.1 Å². The third kappa shape index (κ3) is 3.93. The van der Waals surface area contributed by atoms with Gasteiger partial charge in [0.1, 0.15) is 12.4 Å². The first-order valence-electron chi connectivity index (χ1n) is 5.36. The Kier molecular flexibility index (Phi) is 5.28. The first kappa shape index (κ1) is 13.8. The lowest BCUT2D eigenvalue weighted by Gasteiger charge is -2.07. The highest BCUT2D eigenvalue weighted by atomic mass is 32.2. The first-order valence-corrected chi connectivity index (χ1v) is 6.52. The van der Waals surface area contributed by atoms with Gasteiger partial charge in [0.25, 0.3) is 0 Å². The molecular formula is C12H16FNO2S. The van der Waals surface area contributed by atoms with Gasteiger partial charge in [0.2, 0.25) is 0 Å². The molecule has 1 aromatic carbocycles. The average molecular weight is 257 g/mol. The fraction of sp³-hybridized carbons (Fsp3) is 0.417. The summed E-state index contributed by atoms with van der Waals surface area (Å²) in [7, 11) is 0. The number of anilines is 1. The lowest BCUT2D eigenvalue weighted by atomic mass is 10.1. The zero-order chi connectivity index (χ0) is 12.8. The number of halogens is 1. The summed E-state index contributed by atoms with van der Waals surface area (Å²) >= 11 is 1.66. The molecule has 0 unspecified atom stereocenters. The Morgan fingerprint density at radius 3 is 2.88 bits per heavy atom. The molecule has 0 atom stereocenters. The van der Waals surface area contributed by atoms with Gasteiger partial charge in [-0.2, -0.15) is 11.8 Å². The van der Waals surface area contributed by atoms with E-state index >= 15 is 0 Å². The lowest BCUT2D eigenvalue weighted by Crippen LogP contribution is -2.11. The number of ether oxygens (including phenoxy) is 1. The van der Waals surface area contributed by atoms with E-state index in [9.17, 15) is 9.18 Å². The fourth-order valence-electron chi connectivity index (χ4n) is 1.36. The maximum absolute atomic E-state index is 13.6. The van der Waals surface area contributed by atoms with E-state index in [1.54, 1.807) is 18.7 Å². The van der Waals surface area contributed by atoms with E-state index in [2.05, 4.69) is 0 Å². The highest BCUT2D eigenvalue weighted by Gasteiger charge is 2.15. The molecule has 1 rings (SSSR count). The monoisotopic (exact) mass is 257 g/mol. The van der Waals surface area contributed by atoms with Crippen LogP contribution in [0.2, 0.25) is 0 Å². The molecule has 0 heterocycles. The second-order valence-corrected chi connectivity index (χ2v) is 4.93. The summed E-state index contributed by atoms with van der Waals surface area (Å²) in [5.41, 5.74) is 6.18. The van der Waals surface area contributed by atoms with Crippen LogP contribution < -0.4 is 5.73 Å². The molecule has 0 amide bonds. The van der Waals surface area contributed by atoms with Gasteiger partial charge in [-0.05, 0) is 30.4 Å². The standard InChI is InChI=1S/C12H16FNO2S/c1-3-17-5-4-16-12(15)10-7-9(14)6-8(2)11(10)13/h6-7H,3-5,14H2,1-2H3. The molecule has 0 saturated heterocycles. The number of esters is 1. The van der Waals surface area contributed by atoms with Gasteiger partial charge in [0.15, 0.2) is 0 Å². The summed E-state index contributed by atoms with van der Waals surface area (Å²) in [5.74, 6) is 0.455. The Morgan fingerprint density at radius 2 is 2.24 bits per heavy atom. The average Bonchev–Trinajstić information content (AvgIpc) is 2.29. The van der Waals surface area contributed by atoms with Crippen LogP contribution in [0.3, 0.4) is 0 Å². The Balaban J connectivity index is 2.69. The zero-order valence-corrected chi connectivity index (χ0v) is 10.8. The molecule has 94 valence electrons. The van der Waals surface area contributed by atoms with Crippen molar-refractivity contribution in [2.75, 3.05) is 23.8 Å². The van der Waals surface area contributed by atoms with Gasteiger partial charge >= 0.3 is 5.97 Å². The van der Waals surface area contributed by atoms with Crippen molar-refractivity contribution >= 4 is 23.4 Å². The second kappa shape index (κ2) is 6.49. The van der Waals surface area contributed by atoms with Gasteiger partial charge in [0.05, 0.1) is 5.56 Å². The smallest absolute Gasteiger partial charge is 0.341 e. The van der Waals surface area contributed by atoms with Crippen LogP contribution in [-0.2, 0) is 4.74 Å². The van der Waals surface area contributed by atoms with Crippen molar-refractivity contribution in [3.63, 3.8) is 0 Å². The molecule has 0 saturated carbocycles. The van der Waals surface area contributed by atoms with Gasteiger partial charge in [-0.15, -0.1) is 0 Å². The molecule has 0 aliphatic carbocycles. The molecule has 1 aromatic rings. The summed E-state index contributed by atoms with van der Waals surface area (Å²) in [5, 5.41) is 0. The number of aryl methyl sites for hydroxylation is 1. The number of benzene rings is 1. The molecule has 0 spiro atoms. The van der Waals surface area contributed by atoms with E-state index in [4.69, 9.17) is 10.5 Å². The molecule has 0 aliphatic heterocycles. The van der Waals surface area contributed by atoms with Gasteiger partial charge in [-0.1, -0.05) is 6.92 Å². The normalized spacial score (nSPS) is 10.3. The summed E-state index contributed by atoms with van der Waals surface area (Å²) in [6.07, 6.45) is 0. The van der Waals surface area contributed by atoms with Crippen molar-refractivity contribution in [3.8, 4) is 0 Å². The third-order valence-corrected chi connectivity index (χ3v) is 3.03. The predicted molar refractivity (Wildman–Crippen MR) is 68.8 cm³/mol. The van der Waals surface area contributed by atoms with E-state index in [0.717, 1.165) is 5.75 Å². The number of carbonyl (C=O) groups excluding carboxylic acids is 1. The molecule has 0 bridgehead atoms. The molecule has 2 N–H and O–H groups in total. The first-order chi connectivity index (χ1) is 8.06. The number of thioether (sulfide) groups is 1. The maximum Gasteiger partial charge on any atom is 0.341 e. The van der Waals surface area contributed by atoms with Crippen LogP contribution in [0.1, 0.15) is 22.8 Å². The van der Waals surface area contributed by atoms with Crippen molar-refractivity contribution in [2.24, 2.45) is 0 Å². The Hall–Kier alpha value is -1.23. The summed E-state index contributed by atoms with van der Waals surface area (Å²) in [4.78, 5) is 11.6. The fourth-order valence-corrected chi connectivity index (χ4v) is 1.85. The number of carbonyl (C=O) groups is 1. The van der Waals surface area contributed by atoms with Crippen LogP contribution in [0, 0.1) is 12.7 Å². The van der Waals surface area contributed by atoms with E-state index in [1.165, 1.54) is 12.1 Å². The highest BCUT2D eigenvalue weighted by molar-refractivity contribution is 7.99. The predicted octanol–water partition coefficient (Wildman–Crippen LogP) is 2.63. The Labute approximate surface area is 105 Å². The van der Waals surface area contributed by atoms with Gasteiger partial charge < -0.3 is 10.5 Å². The largest absolute Gasteiger partial charge is 0.461 e. The second-order valence-electron chi connectivity index (χ2n) is 3.53. The van der Waals surface area contributed by atoms with Crippen LogP contribution in [0.15, 0.2) is 12.1 Å².